The summed E-state index contributed by atoms with van der Waals surface area (Å²) in [5.74, 6) is 1.66. The van der Waals surface area contributed by atoms with Crippen LogP contribution in [-0.4, -0.2) is 16.9 Å². The van der Waals surface area contributed by atoms with Crippen LogP contribution in [0.3, 0.4) is 0 Å². The monoisotopic (exact) mass is 368 g/mol. The highest BCUT2D eigenvalue weighted by Gasteiger charge is 2.22. The van der Waals surface area contributed by atoms with Gasteiger partial charge in [0.2, 0.25) is 5.91 Å². The molecule has 0 aliphatic rings. The largest absolute Gasteiger partial charge is 0.459 e. The first-order valence-electron chi connectivity index (χ1n) is 8.75. The molecule has 1 aromatic carbocycles. The lowest BCUT2D eigenvalue weighted by atomic mass is 10.1. The molecule has 3 aromatic rings. The molecule has 0 atom stereocenters. The minimum absolute atomic E-state index is 0.0566. The van der Waals surface area contributed by atoms with Gasteiger partial charge in [0.1, 0.15) is 5.76 Å². The first-order chi connectivity index (χ1) is 12.3. The predicted molar refractivity (Wildman–Crippen MR) is 107 cm³/mol. The predicted octanol–water partition coefficient (Wildman–Crippen LogP) is 5.31. The topological polar surface area (TPSA) is 46.3 Å². The van der Waals surface area contributed by atoms with E-state index in [4.69, 9.17) is 4.42 Å². The summed E-state index contributed by atoms with van der Waals surface area (Å²) < 4.78 is 5.62. The van der Waals surface area contributed by atoms with Gasteiger partial charge in [-0.25, -0.2) is 4.98 Å². The van der Waals surface area contributed by atoms with Crippen molar-refractivity contribution in [3.05, 3.63) is 58.3 Å². The summed E-state index contributed by atoms with van der Waals surface area (Å²) in [6.07, 6.45) is 0.280. The van der Waals surface area contributed by atoms with Crippen LogP contribution in [-0.2, 0) is 11.2 Å². The molecule has 2 heterocycles. The zero-order chi connectivity index (χ0) is 18.8. The Bertz CT molecular complexity index is 924. The molecular weight excluding hydrogens is 344 g/mol. The summed E-state index contributed by atoms with van der Waals surface area (Å²) in [6.45, 7) is 10.1. The molecule has 0 saturated carbocycles. The van der Waals surface area contributed by atoms with E-state index in [0.29, 0.717) is 0 Å². The van der Waals surface area contributed by atoms with Crippen molar-refractivity contribution in [2.45, 2.75) is 47.1 Å². The molecule has 0 spiro atoms. The standard InChI is InChI=1S/C21H24N2O2S/c1-13(2)23(18-10-14(3)6-7-15(18)4)20(24)11-17-12-26-21(22-17)19-9-8-16(5)25-19/h6-10,12-13H,11H2,1-5H3. The molecule has 0 unspecified atom stereocenters. The fourth-order valence-corrected chi connectivity index (χ4v) is 3.75. The van der Waals surface area contributed by atoms with Gasteiger partial charge in [0.25, 0.3) is 0 Å². The number of amides is 1. The van der Waals surface area contributed by atoms with Gasteiger partial charge in [-0.05, 0) is 63.9 Å². The number of rotatable bonds is 5. The fourth-order valence-electron chi connectivity index (χ4n) is 2.97. The molecule has 0 fully saturated rings. The second-order valence-electron chi connectivity index (χ2n) is 6.88. The van der Waals surface area contributed by atoms with Crippen molar-refractivity contribution in [1.29, 1.82) is 0 Å². The van der Waals surface area contributed by atoms with Crippen molar-refractivity contribution in [2.24, 2.45) is 0 Å². The molecule has 4 nitrogen and oxygen atoms in total. The Morgan fingerprint density at radius 1 is 1.19 bits per heavy atom. The van der Waals surface area contributed by atoms with Gasteiger partial charge < -0.3 is 9.32 Å². The van der Waals surface area contributed by atoms with Crippen LogP contribution in [0, 0.1) is 20.8 Å². The summed E-state index contributed by atoms with van der Waals surface area (Å²) >= 11 is 1.50. The van der Waals surface area contributed by atoms with Gasteiger partial charge in [0.15, 0.2) is 10.8 Å². The second-order valence-corrected chi connectivity index (χ2v) is 7.74. The molecule has 136 valence electrons. The first kappa shape index (κ1) is 18.4. The minimum Gasteiger partial charge on any atom is -0.459 e. The van der Waals surface area contributed by atoms with Crippen molar-refractivity contribution in [2.75, 3.05) is 4.90 Å². The number of aryl methyl sites for hydroxylation is 3. The maximum Gasteiger partial charge on any atom is 0.233 e. The molecule has 2 aromatic heterocycles. The Balaban J connectivity index is 1.83. The van der Waals surface area contributed by atoms with Gasteiger partial charge >= 0.3 is 0 Å². The van der Waals surface area contributed by atoms with Crippen molar-refractivity contribution < 1.29 is 9.21 Å². The van der Waals surface area contributed by atoms with Crippen molar-refractivity contribution in [1.82, 2.24) is 4.98 Å². The van der Waals surface area contributed by atoms with Gasteiger partial charge in [-0.1, -0.05) is 12.1 Å². The summed E-state index contributed by atoms with van der Waals surface area (Å²) in [5, 5.41) is 2.75. The van der Waals surface area contributed by atoms with Gasteiger partial charge in [0.05, 0.1) is 12.1 Å². The summed E-state index contributed by atoms with van der Waals surface area (Å²) in [5.41, 5.74) is 4.00. The third-order valence-corrected chi connectivity index (χ3v) is 5.15. The minimum atomic E-state index is 0.0566. The molecule has 0 bridgehead atoms. The van der Waals surface area contributed by atoms with E-state index in [2.05, 4.69) is 23.2 Å². The van der Waals surface area contributed by atoms with E-state index in [1.54, 1.807) is 0 Å². The van der Waals surface area contributed by atoms with E-state index in [1.807, 2.05) is 57.0 Å². The SMILES string of the molecule is Cc1ccc(C)c(N(C(=O)Cc2csc(-c3ccc(C)o3)n2)C(C)C)c1. The molecule has 3 rings (SSSR count). The summed E-state index contributed by atoms with van der Waals surface area (Å²) in [7, 11) is 0. The number of carbonyl (C=O) groups excluding carboxylic acids is 1. The maximum absolute atomic E-state index is 13.0. The number of nitrogens with zero attached hydrogens (tertiary/aromatic N) is 2. The lowest BCUT2D eigenvalue weighted by Crippen LogP contribution is -2.38. The fraction of sp³-hybridized carbons (Fsp3) is 0.333. The smallest absolute Gasteiger partial charge is 0.233 e. The highest BCUT2D eigenvalue weighted by molar-refractivity contribution is 7.13. The molecule has 0 N–H and O–H groups in total. The van der Waals surface area contributed by atoms with Crippen LogP contribution in [0.15, 0.2) is 40.1 Å². The zero-order valence-electron chi connectivity index (χ0n) is 15.9. The number of furan rings is 1. The van der Waals surface area contributed by atoms with E-state index in [-0.39, 0.29) is 18.4 Å². The lowest BCUT2D eigenvalue weighted by molar-refractivity contribution is -0.118. The molecule has 5 heteroatoms. The highest BCUT2D eigenvalue weighted by atomic mass is 32.1. The Morgan fingerprint density at radius 2 is 1.96 bits per heavy atom. The van der Waals surface area contributed by atoms with Crippen molar-refractivity contribution in [3.63, 3.8) is 0 Å². The van der Waals surface area contributed by atoms with Gasteiger partial charge in [-0.2, -0.15) is 0 Å². The van der Waals surface area contributed by atoms with E-state index in [9.17, 15) is 4.79 Å². The summed E-state index contributed by atoms with van der Waals surface area (Å²) in [4.78, 5) is 19.5. The molecule has 26 heavy (non-hydrogen) atoms. The quantitative estimate of drug-likeness (QED) is 0.613. The van der Waals surface area contributed by atoms with Crippen LogP contribution in [0.2, 0.25) is 0 Å². The van der Waals surface area contributed by atoms with Gasteiger partial charge in [-0.15, -0.1) is 11.3 Å². The molecule has 0 aliphatic heterocycles. The third-order valence-electron chi connectivity index (χ3n) is 4.24. The number of hydrogen-bond donors (Lipinski definition) is 0. The third kappa shape index (κ3) is 3.88. The van der Waals surface area contributed by atoms with Crippen LogP contribution in [0.25, 0.3) is 10.8 Å². The maximum atomic E-state index is 13.0. The Hall–Kier alpha value is -2.40. The average molecular weight is 369 g/mol. The Kier molecular flexibility index (Phi) is 5.28. The van der Waals surface area contributed by atoms with Crippen LogP contribution in [0.4, 0.5) is 5.69 Å². The molecule has 1 amide bonds. The summed E-state index contributed by atoms with van der Waals surface area (Å²) in [6, 6.07) is 10.1. The number of hydrogen-bond acceptors (Lipinski definition) is 4. The van der Waals surface area contributed by atoms with Crippen LogP contribution in [0.5, 0.6) is 0 Å². The number of anilines is 1. The first-order valence-corrected chi connectivity index (χ1v) is 9.63. The zero-order valence-corrected chi connectivity index (χ0v) is 16.7. The molecule has 0 aliphatic carbocycles. The second kappa shape index (κ2) is 7.46. The Morgan fingerprint density at radius 3 is 2.62 bits per heavy atom. The molecular formula is C21H24N2O2S. The number of benzene rings is 1. The van der Waals surface area contributed by atoms with Crippen LogP contribution < -0.4 is 4.90 Å². The normalized spacial score (nSPS) is 11.2. The Labute approximate surface area is 158 Å². The van der Waals surface area contributed by atoms with E-state index < -0.39 is 0 Å². The van der Waals surface area contributed by atoms with E-state index >= 15 is 0 Å². The molecule has 0 radical (unpaired) electrons. The number of carbonyl (C=O) groups is 1. The highest BCUT2D eigenvalue weighted by Crippen LogP contribution is 2.27. The van der Waals surface area contributed by atoms with Crippen LogP contribution >= 0.6 is 11.3 Å². The van der Waals surface area contributed by atoms with Crippen molar-refractivity contribution in [3.8, 4) is 10.8 Å². The number of thiazole rings is 1. The lowest BCUT2D eigenvalue weighted by Gasteiger charge is -2.28. The van der Waals surface area contributed by atoms with Gasteiger partial charge in [-0.3, -0.25) is 4.79 Å². The van der Waals surface area contributed by atoms with E-state index in [0.717, 1.165) is 39.0 Å². The van der Waals surface area contributed by atoms with Crippen molar-refractivity contribution >= 4 is 22.9 Å². The van der Waals surface area contributed by atoms with Crippen LogP contribution in [0.1, 0.15) is 36.4 Å². The molecule has 0 saturated heterocycles. The number of aromatic nitrogens is 1. The van der Waals surface area contributed by atoms with E-state index in [1.165, 1.54) is 11.3 Å². The average Bonchev–Trinajstić information content (AvgIpc) is 3.19. The van der Waals surface area contributed by atoms with Gasteiger partial charge in [0, 0.05) is 17.1 Å².